The van der Waals surface area contributed by atoms with Crippen LogP contribution in [0.25, 0.3) is 0 Å². The second-order valence-corrected chi connectivity index (χ2v) is 9.46. The van der Waals surface area contributed by atoms with Gasteiger partial charge in [-0.25, -0.2) is 17.7 Å². The zero-order valence-corrected chi connectivity index (χ0v) is 22.3. The predicted octanol–water partition coefficient (Wildman–Crippen LogP) is 2.51. The zero-order chi connectivity index (χ0) is 23.0. The molecule has 0 aromatic heterocycles. The van der Waals surface area contributed by atoms with Crippen LogP contribution >= 0.6 is 24.0 Å². The van der Waals surface area contributed by atoms with Gasteiger partial charge in [-0.1, -0.05) is 30.3 Å². The second kappa shape index (κ2) is 12.8. The number of nitrogens with zero attached hydrogens (tertiary/aromatic N) is 3. The minimum Gasteiger partial charge on any atom is -0.357 e. The number of aliphatic imine (C=N–C) groups is 1. The van der Waals surface area contributed by atoms with Crippen molar-refractivity contribution in [3.05, 3.63) is 65.2 Å². The standard InChI is InChI=1S/C22H31N5O3S.HI/c1-6-23-22(24-15-17-11-13-18(14-12-17)21(28)26(2)3)25-16-19-9-7-8-10-20(19)31(29,30)27(4)5;/h7-14H,6,15-16H2,1-5H3,(H2,23,24,25);1H. The molecule has 0 radical (unpaired) electrons. The monoisotopic (exact) mass is 573 g/mol. The molecule has 0 aliphatic carbocycles. The molecule has 2 aromatic carbocycles. The number of carbonyl (C=O) groups is 1. The van der Waals surface area contributed by atoms with Gasteiger partial charge in [0.1, 0.15) is 0 Å². The topological polar surface area (TPSA) is 94.1 Å². The van der Waals surface area contributed by atoms with Gasteiger partial charge in [0.25, 0.3) is 5.91 Å². The fourth-order valence-electron chi connectivity index (χ4n) is 2.80. The first-order valence-corrected chi connectivity index (χ1v) is 11.4. The highest BCUT2D eigenvalue weighted by Gasteiger charge is 2.20. The average molecular weight is 574 g/mol. The van der Waals surface area contributed by atoms with Gasteiger partial charge in [-0.15, -0.1) is 24.0 Å². The van der Waals surface area contributed by atoms with E-state index in [9.17, 15) is 13.2 Å². The van der Waals surface area contributed by atoms with Crippen molar-refractivity contribution in [2.45, 2.75) is 24.9 Å². The molecule has 32 heavy (non-hydrogen) atoms. The Morgan fingerprint density at radius 2 is 1.59 bits per heavy atom. The number of sulfonamides is 1. The van der Waals surface area contributed by atoms with Gasteiger partial charge in [0, 0.05) is 46.8 Å². The number of hydrogen-bond acceptors (Lipinski definition) is 4. The Balaban J connectivity index is 0.00000512. The van der Waals surface area contributed by atoms with E-state index in [1.54, 1.807) is 44.4 Å². The highest BCUT2D eigenvalue weighted by Crippen LogP contribution is 2.18. The lowest BCUT2D eigenvalue weighted by atomic mass is 10.1. The molecule has 0 heterocycles. The van der Waals surface area contributed by atoms with E-state index in [2.05, 4.69) is 15.6 Å². The summed E-state index contributed by atoms with van der Waals surface area (Å²) in [6, 6.07) is 14.2. The number of hydrogen-bond donors (Lipinski definition) is 2. The molecule has 8 nitrogen and oxygen atoms in total. The molecule has 176 valence electrons. The Labute approximate surface area is 208 Å². The summed E-state index contributed by atoms with van der Waals surface area (Å²) in [5.74, 6) is 0.532. The summed E-state index contributed by atoms with van der Waals surface area (Å²) in [7, 11) is 2.93. The van der Waals surface area contributed by atoms with Crippen LogP contribution < -0.4 is 10.6 Å². The van der Waals surface area contributed by atoms with Crippen molar-refractivity contribution in [3.63, 3.8) is 0 Å². The smallest absolute Gasteiger partial charge is 0.253 e. The summed E-state index contributed by atoms with van der Waals surface area (Å²) in [5, 5.41) is 6.37. The Bertz CT molecular complexity index is 1020. The van der Waals surface area contributed by atoms with Gasteiger partial charge >= 0.3 is 0 Å². The quantitative estimate of drug-likeness (QED) is 0.288. The van der Waals surface area contributed by atoms with Gasteiger partial charge < -0.3 is 15.5 Å². The van der Waals surface area contributed by atoms with E-state index in [-0.39, 0.29) is 34.8 Å². The summed E-state index contributed by atoms with van der Waals surface area (Å²) >= 11 is 0. The molecule has 2 rings (SSSR count). The normalized spacial score (nSPS) is 11.6. The van der Waals surface area contributed by atoms with Crippen LogP contribution in [0.4, 0.5) is 0 Å². The third-order valence-corrected chi connectivity index (χ3v) is 6.46. The van der Waals surface area contributed by atoms with Crippen LogP contribution in [0.5, 0.6) is 0 Å². The fraction of sp³-hybridized carbons (Fsp3) is 0.364. The van der Waals surface area contributed by atoms with Gasteiger partial charge in [0.15, 0.2) is 5.96 Å². The van der Waals surface area contributed by atoms with Gasteiger partial charge in [-0.05, 0) is 36.2 Å². The molecule has 0 saturated heterocycles. The van der Waals surface area contributed by atoms with E-state index in [4.69, 9.17) is 0 Å². The summed E-state index contributed by atoms with van der Waals surface area (Å²) in [6.45, 7) is 3.36. The zero-order valence-electron chi connectivity index (χ0n) is 19.1. The van der Waals surface area contributed by atoms with Crippen LogP contribution in [0.3, 0.4) is 0 Å². The average Bonchev–Trinajstić information content (AvgIpc) is 2.75. The summed E-state index contributed by atoms with van der Waals surface area (Å²) in [6.07, 6.45) is 0. The Morgan fingerprint density at radius 1 is 0.969 bits per heavy atom. The van der Waals surface area contributed by atoms with E-state index < -0.39 is 10.0 Å². The van der Waals surface area contributed by atoms with Crippen molar-refractivity contribution in [1.29, 1.82) is 0 Å². The third-order valence-electron chi connectivity index (χ3n) is 4.55. The van der Waals surface area contributed by atoms with Crippen LogP contribution in [0.1, 0.15) is 28.4 Å². The molecule has 1 amide bonds. The number of nitrogens with one attached hydrogen (secondary N) is 2. The second-order valence-electron chi connectivity index (χ2n) is 7.34. The number of amides is 1. The maximum Gasteiger partial charge on any atom is 0.253 e. The van der Waals surface area contributed by atoms with Crippen LogP contribution in [-0.2, 0) is 23.1 Å². The number of halogens is 1. The van der Waals surface area contributed by atoms with Gasteiger partial charge in [0.2, 0.25) is 10.0 Å². The molecule has 2 aromatic rings. The van der Waals surface area contributed by atoms with Crippen molar-refractivity contribution in [1.82, 2.24) is 19.8 Å². The maximum atomic E-state index is 12.6. The van der Waals surface area contributed by atoms with E-state index in [0.717, 1.165) is 5.56 Å². The highest BCUT2D eigenvalue weighted by atomic mass is 127. The van der Waals surface area contributed by atoms with Crippen molar-refractivity contribution in [2.75, 3.05) is 34.7 Å². The molecule has 0 unspecified atom stereocenters. The largest absolute Gasteiger partial charge is 0.357 e. The first-order chi connectivity index (χ1) is 14.7. The van der Waals surface area contributed by atoms with Crippen LogP contribution in [-0.4, -0.2) is 64.2 Å². The SMILES string of the molecule is CCNC(=NCc1ccc(C(=O)N(C)C)cc1)NCc1ccccc1S(=O)(=O)N(C)C.I. The molecule has 0 atom stereocenters. The van der Waals surface area contributed by atoms with Crippen molar-refractivity contribution in [2.24, 2.45) is 4.99 Å². The summed E-state index contributed by atoms with van der Waals surface area (Å²) < 4.78 is 26.4. The maximum absolute atomic E-state index is 12.6. The van der Waals surface area contributed by atoms with Crippen molar-refractivity contribution < 1.29 is 13.2 Å². The van der Waals surface area contributed by atoms with Gasteiger partial charge in [-0.2, -0.15) is 0 Å². The molecule has 0 spiro atoms. The van der Waals surface area contributed by atoms with Crippen molar-refractivity contribution in [3.8, 4) is 0 Å². The molecular formula is C22H32IN5O3S. The molecule has 0 saturated carbocycles. The van der Waals surface area contributed by atoms with E-state index >= 15 is 0 Å². The third kappa shape index (κ3) is 7.45. The summed E-state index contributed by atoms with van der Waals surface area (Å²) in [5.41, 5.74) is 2.25. The number of benzene rings is 2. The molecule has 2 N–H and O–H groups in total. The molecule has 0 bridgehead atoms. The lowest BCUT2D eigenvalue weighted by Gasteiger charge is -2.17. The molecular weight excluding hydrogens is 541 g/mol. The molecule has 10 heteroatoms. The Hall–Kier alpha value is -2.18. The number of rotatable bonds is 8. The van der Waals surface area contributed by atoms with E-state index in [0.29, 0.717) is 36.7 Å². The first kappa shape index (κ1) is 27.9. The fourth-order valence-corrected chi connectivity index (χ4v) is 3.92. The van der Waals surface area contributed by atoms with Crippen LogP contribution in [0.15, 0.2) is 58.4 Å². The van der Waals surface area contributed by atoms with Gasteiger partial charge in [0.05, 0.1) is 11.4 Å². The Kier molecular flexibility index (Phi) is 11.1. The lowest BCUT2D eigenvalue weighted by molar-refractivity contribution is 0.0827. The molecule has 0 aliphatic heterocycles. The molecule has 0 fully saturated rings. The summed E-state index contributed by atoms with van der Waals surface area (Å²) in [4.78, 5) is 18.4. The van der Waals surface area contributed by atoms with Gasteiger partial charge in [-0.3, -0.25) is 4.79 Å². The van der Waals surface area contributed by atoms with E-state index in [1.165, 1.54) is 23.3 Å². The minimum atomic E-state index is -3.54. The predicted molar refractivity (Wildman–Crippen MR) is 139 cm³/mol. The highest BCUT2D eigenvalue weighted by molar-refractivity contribution is 14.0. The number of carbonyl (C=O) groups excluding carboxylic acids is 1. The Morgan fingerprint density at radius 3 is 2.16 bits per heavy atom. The van der Waals surface area contributed by atoms with Crippen LogP contribution in [0.2, 0.25) is 0 Å². The van der Waals surface area contributed by atoms with Crippen molar-refractivity contribution >= 4 is 45.9 Å². The molecule has 0 aliphatic rings. The first-order valence-electron chi connectivity index (χ1n) is 10.00. The van der Waals surface area contributed by atoms with Crippen LogP contribution in [0, 0.1) is 0 Å². The van der Waals surface area contributed by atoms with E-state index in [1.807, 2.05) is 25.1 Å². The minimum absolute atomic E-state index is 0. The number of guanidine groups is 1. The lowest BCUT2D eigenvalue weighted by Crippen LogP contribution is -2.37.